The predicted molar refractivity (Wildman–Crippen MR) is 94.9 cm³/mol. The van der Waals surface area contributed by atoms with Gasteiger partial charge in [0.15, 0.2) is 0 Å². The van der Waals surface area contributed by atoms with Gasteiger partial charge < -0.3 is 9.42 Å². The molecule has 0 atom stereocenters. The lowest BCUT2D eigenvalue weighted by molar-refractivity contribution is 0.197. The number of likely N-dealkylation sites (tertiary alicyclic amines) is 1. The van der Waals surface area contributed by atoms with Crippen LogP contribution in [0.5, 0.6) is 0 Å². The highest BCUT2D eigenvalue weighted by atomic mass is 79.9. The van der Waals surface area contributed by atoms with Gasteiger partial charge in [0.1, 0.15) is 5.76 Å². The monoisotopic (exact) mass is 391 g/mol. The average Bonchev–Trinajstić information content (AvgIpc) is 3.36. The SMILES string of the molecule is CN(c1ncc(Br)cn1)C1CCN(Cc2cc(C3CC3)on2)CC1. The van der Waals surface area contributed by atoms with Crippen molar-refractivity contribution in [1.82, 2.24) is 20.0 Å². The Morgan fingerprint density at radius 3 is 2.58 bits per heavy atom. The van der Waals surface area contributed by atoms with Crippen molar-refractivity contribution in [2.24, 2.45) is 0 Å². The zero-order valence-corrected chi connectivity index (χ0v) is 15.4. The molecule has 0 spiro atoms. The molecule has 1 saturated heterocycles. The minimum absolute atomic E-state index is 0.488. The van der Waals surface area contributed by atoms with Crippen LogP contribution in [0, 0.1) is 0 Å². The summed E-state index contributed by atoms with van der Waals surface area (Å²) in [6.07, 6.45) is 8.34. The number of hydrogen-bond donors (Lipinski definition) is 0. The maximum absolute atomic E-state index is 5.45. The minimum atomic E-state index is 0.488. The fraction of sp³-hybridized carbons (Fsp3) is 0.588. The largest absolute Gasteiger partial charge is 0.361 e. The number of hydrogen-bond acceptors (Lipinski definition) is 6. The molecule has 1 aliphatic heterocycles. The molecule has 4 rings (SSSR count). The number of nitrogens with zero attached hydrogens (tertiary/aromatic N) is 5. The molecule has 2 aromatic heterocycles. The van der Waals surface area contributed by atoms with Gasteiger partial charge in [-0.05, 0) is 41.6 Å². The first kappa shape index (κ1) is 16.0. The highest BCUT2D eigenvalue weighted by Crippen LogP contribution is 2.40. The summed E-state index contributed by atoms with van der Waals surface area (Å²) in [7, 11) is 2.09. The van der Waals surface area contributed by atoms with Crippen LogP contribution in [-0.2, 0) is 6.54 Å². The molecule has 0 N–H and O–H groups in total. The molecule has 0 amide bonds. The van der Waals surface area contributed by atoms with Gasteiger partial charge in [0.05, 0.1) is 10.2 Å². The summed E-state index contributed by atoms with van der Waals surface area (Å²) in [5, 5.41) is 4.23. The fourth-order valence-electron chi connectivity index (χ4n) is 3.31. The summed E-state index contributed by atoms with van der Waals surface area (Å²) in [4.78, 5) is 13.5. The molecule has 0 radical (unpaired) electrons. The number of halogens is 1. The topological polar surface area (TPSA) is 58.3 Å². The molecule has 0 unspecified atom stereocenters. The summed E-state index contributed by atoms with van der Waals surface area (Å²) in [5.41, 5.74) is 1.07. The van der Waals surface area contributed by atoms with Gasteiger partial charge in [-0.25, -0.2) is 9.97 Å². The van der Waals surface area contributed by atoms with Gasteiger partial charge in [-0.3, -0.25) is 4.90 Å². The number of anilines is 1. The third kappa shape index (κ3) is 3.62. The first-order valence-electron chi connectivity index (χ1n) is 8.57. The first-order chi connectivity index (χ1) is 11.7. The van der Waals surface area contributed by atoms with Crippen LogP contribution in [0.25, 0.3) is 0 Å². The van der Waals surface area contributed by atoms with E-state index in [4.69, 9.17) is 4.52 Å². The third-order valence-corrected chi connectivity index (χ3v) is 5.38. The van der Waals surface area contributed by atoms with E-state index in [0.717, 1.165) is 54.4 Å². The van der Waals surface area contributed by atoms with Crippen LogP contribution in [0.15, 0.2) is 27.5 Å². The Balaban J connectivity index is 1.30. The third-order valence-electron chi connectivity index (χ3n) is 4.97. The second kappa shape index (κ2) is 6.80. The van der Waals surface area contributed by atoms with Gasteiger partial charge in [-0.2, -0.15) is 0 Å². The molecule has 2 aromatic rings. The molecule has 0 aromatic carbocycles. The van der Waals surface area contributed by atoms with E-state index in [1.165, 1.54) is 12.8 Å². The lowest BCUT2D eigenvalue weighted by atomic mass is 10.0. The second-order valence-electron chi connectivity index (χ2n) is 6.81. The molecular formula is C17H22BrN5O. The van der Waals surface area contributed by atoms with Crippen LogP contribution >= 0.6 is 15.9 Å². The van der Waals surface area contributed by atoms with Crippen molar-refractivity contribution in [3.8, 4) is 0 Å². The molecule has 2 aliphatic rings. The zero-order chi connectivity index (χ0) is 16.5. The predicted octanol–water partition coefficient (Wildman–Crippen LogP) is 3.21. The Morgan fingerprint density at radius 1 is 1.21 bits per heavy atom. The van der Waals surface area contributed by atoms with E-state index < -0.39 is 0 Å². The van der Waals surface area contributed by atoms with Crippen LogP contribution in [-0.4, -0.2) is 46.2 Å². The van der Waals surface area contributed by atoms with E-state index >= 15 is 0 Å². The first-order valence-corrected chi connectivity index (χ1v) is 9.36. The Labute approximate surface area is 150 Å². The number of rotatable bonds is 5. The van der Waals surface area contributed by atoms with Crippen LogP contribution < -0.4 is 4.90 Å². The van der Waals surface area contributed by atoms with Crippen LogP contribution in [0.2, 0.25) is 0 Å². The van der Waals surface area contributed by atoms with E-state index in [1.807, 2.05) is 0 Å². The number of piperidine rings is 1. The maximum Gasteiger partial charge on any atom is 0.225 e. The lowest BCUT2D eigenvalue weighted by Crippen LogP contribution is -2.43. The van der Waals surface area contributed by atoms with E-state index in [1.54, 1.807) is 12.4 Å². The summed E-state index contributed by atoms with van der Waals surface area (Å²) in [5.74, 6) is 2.51. The maximum atomic E-state index is 5.45. The van der Waals surface area contributed by atoms with E-state index in [2.05, 4.69) is 54.0 Å². The average molecular weight is 392 g/mol. The van der Waals surface area contributed by atoms with Crippen molar-refractivity contribution in [2.75, 3.05) is 25.0 Å². The van der Waals surface area contributed by atoms with Crippen molar-refractivity contribution < 1.29 is 4.52 Å². The molecule has 6 nitrogen and oxygen atoms in total. The summed E-state index contributed by atoms with van der Waals surface area (Å²) < 4.78 is 6.36. The minimum Gasteiger partial charge on any atom is -0.361 e. The van der Waals surface area contributed by atoms with Gasteiger partial charge in [-0.1, -0.05) is 5.16 Å². The van der Waals surface area contributed by atoms with Gasteiger partial charge in [0.25, 0.3) is 0 Å². The van der Waals surface area contributed by atoms with Gasteiger partial charge >= 0.3 is 0 Å². The quantitative estimate of drug-likeness (QED) is 0.779. The van der Waals surface area contributed by atoms with Crippen LogP contribution in [0.1, 0.15) is 43.1 Å². The molecule has 7 heteroatoms. The Bertz CT molecular complexity index is 677. The van der Waals surface area contributed by atoms with Gasteiger partial charge in [0.2, 0.25) is 5.95 Å². The standard InChI is InChI=1S/C17H22BrN5O/c1-22(17-19-9-13(18)10-20-17)15-4-6-23(7-5-15)11-14-8-16(24-21-14)12-2-3-12/h8-10,12,15H,2-7,11H2,1H3. The van der Waals surface area contributed by atoms with Crippen molar-refractivity contribution in [3.63, 3.8) is 0 Å². The number of aromatic nitrogens is 3. The second-order valence-corrected chi connectivity index (χ2v) is 7.73. The van der Waals surface area contributed by atoms with Gasteiger partial charge in [-0.15, -0.1) is 0 Å². The Hall–Kier alpha value is -1.47. The molecule has 128 valence electrons. The highest BCUT2D eigenvalue weighted by molar-refractivity contribution is 9.10. The molecular weight excluding hydrogens is 370 g/mol. The van der Waals surface area contributed by atoms with Crippen molar-refractivity contribution in [2.45, 2.75) is 44.2 Å². The Kier molecular flexibility index (Phi) is 4.54. The van der Waals surface area contributed by atoms with Crippen molar-refractivity contribution in [1.29, 1.82) is 0 Å². The molecule has 1 saturated carbocycles. The summed E-state index contributed by atoms with van der Waals surface area (Å²) in [6, 6.07) is 2.63. The molecule has 2 fully saturated rings. The van der Waals surface area contributed by atoms with Gasteiger partial charge in [0, 0.05) is 57.1 Å². The Morgan fingerprint density at radius 2 is 1.92 bits per heavy atom. The van der Waals surface area contributed by atoms with E-state index in [9.17, 15) is 0 Å². The van der Waals surface area contributed by atoms with E-state index in [-0.39, 0.29) is 0 Å². The lowest BCUT2D eigenvalue weighted by Gasteiger charge is -2.36. The zero-order valence-electron chi connectivity index (χ0n) is 13.9. The summed E-state index contributed by atoms with van der Waals surface area (Å²) in [6.45, 7) is 3.02. The summed E-state index contributed by atoms with van der Waals surface area (Å²) >= 11 is 3.38. The normalized spacial score (nSPS) is 19.6. The van der Waals surface area contributed by atoms with E-state index in [0.29, 0.717) is 12.0 Å². The van der Waals surface area contributed by atoms with Crippen molar-refractivity contribution >= 4 is 21.9 Å². The van der Waals surface area contributed by atoms with Crippen LogP contribution in [0.3, 0.4) is 0 Å². The fourth-order valence-corrected chi connectivity index (χ4v) is 3.51. The highest BCUT2D eigenvalue weighted by Gasteiger charge is 2.29. The molecule has 1 aliphatic carbocycles. The van der Waals surface area contributed by atoms with Crippen LogP contribution in [0.4, 0.5) is 5.95 Å². The smallest absolute Gasteiger partial charge is 0.225 e. The molecule has 3 heterocycles. The molecule has 24 heavy (non-hydrogen) atoms. The van der Waals surface area contributed by atoms with Crippen molar-refractivity contribution in [3.05, 3.63) is 34.4 Å². The molecule has 0 bridgehead atoms.